The van der Waals surface area contributed by atoms with Crippen molar-refractivity contribution in [2.24, 2.45) is 7.05 Å². The fourth-order valence-electron chi connectivity index (χ4n) is 2.40. The molecular weight excluding hydrogens is 344 g/mol. The van der Waals surface area contributed by atoms with Gasteiger partial charge in [0.05, 0.1) is 14.9 Å². The fourth-order valence-corrected chi connectivity index (χ4v) is 3.49. The number of likely N-dealkylation sites (N-methyl/N-ethyl adjacent to an activating group) is 1. The molecule has 0 N–H and O–H groups in total. The number of carbonyl (C=O) groups is 1. The summed E-state index contributed by atoms with van der Waals surface area (Å²) in [5.41, 5.74) is 2.48. The second-order valence-electron chi connectivity index (χ2n) is 5.47. The maximum atomic E-state index is 12.6. The molecule has 7 heteroatoms. The highest BCUT2D eigenvalue weighted by molar-refractivity contribution is 7.19. The Balaban J connectivity index is 1.70. The maximum Gasteiger partial charge on any atom is 0.274 e. The Morgan fingerprint density at radius 2 is 2.04 bits per heavy atom. The van der Waals surface area contributed by atoms with Gasteiger partial charge in [-0.25, -0.2) is 0 Å². The number of hydrogen-bond donors (Lipinski definition) is 0. The first-order valence-corrected chi connectivity index (χ1v) is 8.68. The second-order valence-corrected chi connectivity index (χ2v) is 7.19. The minimum atomic E-state index is -0.0893. The predicted molar refractivity (Wildman–Crippen MR) is 96.4 cm³/mol. The first kappa shape index (κ1) is 16.7. The number of carbonyl (C=O) groups excluding carboxylic acids is 1. The fraction of sp³-hybridized carbons (Fsp3) is 0.235. The van der Waals surface area contributed by atoms with Gasteiger partial charge in [-0.1, -0.05) is 11.6 Å². The van der Waals surface area contributed by atoms with Crippen LogP contribution in [0, 0.1) is 0 Å². The average Bonchev–Trinajstić information content (AvgIpc) is 3.18. The zero-order valence-corrected chi connectivity index (χ0v) is 15.0. The summed E-state index contributed by atoms with van der Waals surface area (Å²) >= 11 is 7.46. The van der Waals surface area contributed by atoms with Crippen molar-refractivity contribution in [1.29, 1.82) is 0 Å². The number of amides is 1. The van der Waals surface area contributed by atoms with E-state index < -0.39 is 0 Å². The van der Waals surface area contributed by atoms with Gasteiger partial charge in [0.15, 0.2) is 5.69 Å². The van der Waals surface area contributed by atoms with Gasteiger partial charge in [-0.3, -0.25) is 14.5 Å². The summed E-state index contributed by atoms with van der Waals surface area (Å²) in [4.78, 5) is 19.3. The highest BCUT2D eigenvalue weighted by atomic mass is 35.5. The van der Waals surface area contributed by atoms with Crippen molar-refractivity contribution in [3.05, 3.63) is 58.3 Å². The monoisotopic (exact) mass is 360 g/mol. The molecule has 0 unspecified atom stereocenters. The molecule has 3 rings (SSSR count). The summed E-state index contributed by atoms with van der Waals surface area (Å²) in [6.45, 7) is 0.625. The lowest BCUT2D eigenvalue weighted by molar-refractivity contribution is 0.0790. The van der Waals surface area contributed by atoms with Crippen LogP contribution in [0.15, 0.2) is 42.7 Å². The molecule has 124 valence electrons. The quantitative estimate of drug-likeness (QED) is 0.699. The van der Waals surface area contributed by atoms with Crippen LogP contribution in [0.5, 0.6) is 0 Å². The first-order valence-electron chi connectivity index (χ1n) is 7.48. The zero-order chi connectivity index (χ0) is 17.1. The lowest BCUT2D eigenvalue weighted by atomic mass is 10.2. The summed E-state index contributed by atoms with van der Waals surface area (Å²) in [7, 11) is 3.62. The van der Waals surface area contributed by atoms with Crippen LogP contribution in [0.3, 0.4) is 0 Å². The molecule has 3 heterocycles. The van der Waals surface area contributed by atoms with E-state index in [0.717, 1.165) is 22.6 Å². The Kier molecular flexibility index (Phi) is 4.97. The van der Waals surface area contributed by atoms with Crippen LogP contribution in [0.25, 0.3) is 10.6 Å². The highest BCUT2D eigenvalue weighted by Gasteiger charge is 2.18. The van der Waals surface area contributed by atoms with E-state index >= 15 is 0 Å². The van der Waals surface area contributed by atoms with Crippen LogP contribution in [0.4, 0.5) is 0 Å². The summed E-state index contributed by atoms with van der Waals surface area (Å²) in [6, 6.07) is 9.51. The standard InChI is InChI=1S/C17H17ClN4OS/c1-21(10-7-12-5-8-19-9-6-12)17(23)13-11-14(22(2)20-13)15-3-4-16(18)24-15/h3-6,8-9,11H,7,10H2,1-2H3. The minimum absolute atomic E-state index is 0.0893. The lowest BCUT2D eigenvalue weighted by Gasteiger charge is -2.15. The molecule has 0 fully saturated rings. The molecule has 0 bridgehead atoms. The third-order valence-corrected chi connectivity index (χ3v) is 5.01. The lowest BCUT2D eigenvalue weighted by Crippen LogP contribution is -2.29. The largest absolute Gasteiger partial charge is 0.340 e. The second kappa shape index (κ2) is 7.15. The third kappa shape index (κ3) is 3.66. The van der Waals surface area contributed by atoms with Gasteiger partial charge in [0.2, 0.25) is 0 Å². The van der Waals surface area contributed by atoms with Crippen molar-refractivity contribution in [1.82, 2.24) is 19.7 Å². The van der Waals surface area contributed by atoms with E-state index in [-0.39, 0.29) is 5.91 Å². The van der Waals surface area contributed by atoms with Crippen LogP contribution < -0.4 is 0 Å². The van der Waals surface area contributed by atoms with Gasteiger partial charge in [-0.05, 0) is 42.3 Å². The van der Waals surface area contributed by atoms with Gasteiger partial charge in [0, 0.05) is 33.0 Å². The van der Waals surface area contributed by atoms with Crippen LogP contribution in [0.1, 0.15) is 16.1 Å². The van der Waals surface area contributed by atoms with Gasteiger partial charge >= 0.3 is 0 Å². The number of thiophene rings is 1. The Hall–Kier alpha value is -2.18. The normalized spacial score (nSPS) is 10.8. The van der Waals surface area contributed by atoms with Crippen molar-refractivity contribution in [2.45, 2.75) is 6.42 Å². The molecule has 3 aromatic rings. The van der Waals surface area contributed by atoms with E-state index in [0.29, 0.717) is 16.6 Å². The van der Waals surface area contributed by atoms with Crippen LogP contribution >= 0.6 is 22.9 Å². The molecule has 3 aromatic heterocycles. The molecule has 0 saturated heterocycles. The van der Waals surface area contributed by atoms with Crippen molar-refractivity contribution >= 4 is 28.8 Å². The third-order valence-electron chi connectivity index (χ3n) is 3.76. The SMILES string of the molecule is CN(CCc1ccncc1)C(=O)c1cc(-c2ccc(Cl)s2)n(C)n1. The predicted octanol–water partition coefficient (Wildman–Crippen LogP) is 3.51. The number of nitrogens with zero attached hydrogens (tertiary/aromatic N) is 4. The Morgan fingerprint density at radius 3 is 2.71 bits per heavy atom. The zero-order valence-electron chi connectivity index (χ0n) is 13.4. The Labute approximate surface area is 149 Å². The molecule has 0 radical (unpaired) electrons. The van der Waals surface area contributed by atoms with Crippen LogP contribution in [0.2, 0.25) is 4.34 Å². The molecular formula is C17H17ClN4OS. The molecule has 0 saturated carbocycles. The van der Waals surface area contributed by atoms with Gasteiger partial charge in [-0.2, -0.15) is 5.10 Å². The van der Waals surface area contributed by atoms with E-state index in [1.165, 1.54) is 11.3 Å². The minimum Gasteiger partial charge on any atom is -0.340 e. The van der Waals surface area contributed by atoms with Gasteiger partial charge < -0.3 is 4.90 Å². The van der Waals surface area contributed by atoms with Crippen LogP contribution in [-0.4, -0.2) is 39.2 Å². The van der Waals surface area contributed by atoms with Crippen molar-refractivity contribution in [2.75, 3.05) is 13.6 Å². The molecule has 0 spiro atoms. The smallest absolute Gasteiger partial charge is 0.274 e. The maximum absolute atomic E-state index is 12.6. The number of hydrogen-bond acceptors (Lipinski definition) is 4. The summed E-state index contributed by atoms with van der Waals surface area (Å²) in [5.74, 6) is -0.0893. The van der Waals surface area contributed by atoms with Crippen molar-refractivity contribution in [3.63, 3.8) is 0 Å². The molecule has 0 atom stereocenters. The summed E-state index contributed by atoms with van der Waals surface area (Å²) in [6.07, 6.45) is 4.30. The van der Waals surface area contributed by atoms with Crippen molar-refractivity contribution in [3.8, 4) is 10.6 Å². The van der Waals surface area contributed by atoms with E-state index in [1.54, 1.807) is 29.0 Å². The number of halogens is 1. The number of aromatic nitrogens is 3. The first-order chi connectivity index (χ1) is 11.5. The molecule has 24 heavy (non-hydrogen) atoms. The van der Waals surface area contributed by atoms with E-state index in [4.69, 9.17) is 11.6 Å². The molecule has 0 aliphatic carbocycles. The van der Waals surface area contributed by atoms with Crippen molar-refractivity contribution < 1.29 is 4.79 Å². The van der Waals surface area contributed by atoms with Gasteiger partial charge in [0.1, 0.15) is 0 Å². The average molecular weight is 361 g/mol. The molecule has 1 amide bonds. The number of rotatable bonds is 5. The van der Waals surface area contributed by atoms with Gasteiger partial charge in [-0.15, -0.1) is 11.3 Å². The molecule has 0 aliphatic rings. The summed E-state index contributed by atoms with van der Waals surface area (Å²) < 4.78 is 2.43. The van der Waals surface area contributed by atoms with E-state index in [2.05, 4.69) is 10.1 Å². The summed E-state index contributed by atoms with van der Waals surface area (Å²) in [5, 5.41) is 4.35. The van der Waals surface area contributed by atoms with Gasteiger partial charge in [0.25, 0.3) is 5.91 Å². The highest BCUT2D eigenvalue weighted by Crippen LogP contribution is 2.31. The Morgan fingerprint density at radius 1 is 1.29 bits per heavy atom. The topological polar surface area (TPSA) is 51.0 Å². The molecule has 0 aromatic carbocycles. The van der Waals surface area contributed by atoms with E-state index in [9.17, 15) is 4.79 Å². The van der Waals surface area contributed by atoms with Crippen LogP contribution in [-0.2, 0) is 13.5 Å². The Bertz CT molecular complexity index is 843. The van der Waals surface area contributed by atoms with E-state index in [1.807, 2.05) is 37.4 Å². The molecule has 0 aliphatic heterocycles. The number of pyridine rings is 1. The molecule has 5 nitrogen and oxygen atoms in total. The number of aryl methyl sites for hydroxylation is 1.